The summed E-state index contributed by atoms with van der Waals surface area (Å²) in [5, 5.41) is 20.1. The zero-order valence-electron chi connectivity index (χ0n) is 17.5. The van der Waals surface area contributed by atoms with E-state index in [9.17, 15) is 19.8 Å². The molecule has 1 atom stereocenters. The molecular formula is C21H39NaO4. The molecule has 5 heteroatoms. The minimum Gasteiger partial charge on any atom is -0.547 e. The summed E-state index contributed by atoms with van der Waals surface area (Å²) < 4.78 is 0. The van der Waals surface area contributed by atoms with Crippen molar-refractivity contribution in [2.45, 2.75) is 122 Å². The zero-order valence-corrected chi connectivity index (χ0v) is 19.5. The molecule has 148 valence electrons. The first-order valence-electron chi connectivity index (χ1n) is 10.4. The summed E-state index contributed by atoms with van der Waals surface area (Å²) in [5.74, 6) is -2.36. The fourth-order valence-electron chi connectivity index (χ4n) is 3.01. The van der Waals surface area contributed by atoms with Crippen molar-refractivity contribution in [2.24, 2.45) is 0 Å². The Kier molecular flexibility index (Phi) is 20.1. The number of hydrogen-bond donors (Lipinski definition) is 1. The van der Waals surface area contributed by atoms with Crippen molar-refractivity contribution >= 4 is 11.8 Å². The first-order valence-corrected chi connectivity index (χ1v) is 10.4. The Morgan fingerprint density at radius 2 is 1.04 bits per heavy atom. The monoisotopic (exact) mass is 378 g/mol. The summed E-state index contributed by atoms with van der Waals surface area (Å²) in [5.41, 5.74) is -2.34. The van der Waals surface area contributed by atoms with Crippen molar-refractivity contribution in [2.75, 3.05) is 0 Å². The van der Waals surface area contributed by atoms with Gasteiger partial charge in [-0.15, -0.1) is 0 Å². The Morgan fingerprint density at radius 3 is 1.35 bits per heavy atom. The van der Waals surface area contributed by atoms with Gasteiger partial charge in [0.05, 0.1) is 5.97 Å². The van der Waals surface area contributed by atoms with Crippen molar-refractivity contribution in [3.63, 3.8) is 0 Å². The molecule has 0 heterocycles. The van der Waals surface area contributed by atoms with Crippen LogP contribution in [0.4, 0.5) is 0 Å². The fourth-order valence-corrected chi connectivity index (χ4v) is 3.01. The molecule has 0 rings (SSSR count). The van der Waals surface area contributed by atoms with Gasteiger partial charge in [0.15, 0.2) is 11.4 Å². The molecule has 0 aliphatic heterocycles. The molecule has 0 aromatic rings. The average molecular weight is 379 g/mol. The second-order valence-electron chi connectivity index (χ2n) is 7.48. The molecule has 0 amide bonds. The topological polar surface area (TPSA) is 77.4 Å². The maximum Gasteiger partial charge on any atom is 1.00 e. The van der Waals surface area contributed by atoms with Gasteiger partial charge in [-0.25, -0.2) is 0 Å². The molecule has 0 saturated heterocycles. The minimum absolute atomic E-state index is 0. The number of carbonyl (C=O) groups is 2. The van der Waals surface area contributed by atoms with Gasteiger partial charge in [-0.05, 0) is 13.3 Å². The van der Waals surface area contributed by atoms with E-state index in [-0.39, 0.29) is 36.0 Å². The van der Waals surface area contributed by atoms with E-state index in [2.05, 4.69) is 6.92 Å². The SMILES string of the molecule is CCCCCCCCCCCCCCCCCC(=O)C(C)(O)C(=O)[O-].[Na+]. The summed E-state index contributed by atoms with van der Waals surface area (Å²) in [7, 11) is 0. The van der Waals surface area contributed by atoms with Crippen LogP contribution < -0.4 is 34.7 Å². The molecule has 0 aliphatic carbocycles. The normalized spacial score (nSPS) is 13.0. The molecule has 26 heavy (non-hydrogen) atoms. The van der Waals surface area contributed by atoms with Crippen LogP contribution in [-0.2, 0) is 9.59 Å². The summed E-state index contributed by atoms with van der Waals surface area (Å²) in [6, 6.07) is 0. The first-order chi connectivity index (χ1) is 11.9. The Morgan fingerprint density at radius 1 is 0.731 bits per heavy atom. The van der Waals surface area contributed by atoms with Gasteiger partial charge in [-0.2, -0.15) is 0 Å². The van der Waals surface area contributed by atoms with Crippen molar-refractivity contribution < 1.29 is 49.4 Å². The van der Waals surface area contributed by atoms with Crippen LogP contribution in [0, 0.1) is 0 Å². The molecule has 0 fully saturated rings. The van der Waals surface area contributed by atoms with Crippen molar-refractivity contribution in [3.8, 4) is 0 Å². The fraction of sp³-hybridized carbons (Fsp3) is 0.905. The van der Waals surface area contributed by atoms with Gasteiger partial charge in [0.2, 0.25) is 0 Å². The Hall–Kier alpha value is 0.100. The number of rotatable bonds is 18. The Labute approximate surface area is 182 Å². The molecule has 1 unspecified atom stereocenters. The predicted octanol–water partition coefficient (Wildman–Crippen LogP) is 1.32. The van der Waals surface area contributed by atoms with E-state index in [1.54, 1.807) is 0 Å². The van der Waals surface area contributed by atoms with Crippen LogP contribution in [-0.4, -0.2) is 22.5 Å². The summed E-state index contributed by atoms with van der Waals surface area (Å²) >= 11 is 0. The van der Waals surface area contributed by atoms with Crippen molar-refractivity contribution in [3.05, 3.63) is 0 Å². The second-order valence-corrected chi connectivity index (χ2v) is 7.48. The number of unbranched alkanes of at least 4 members (excludes halogenated alkanes) is 14. The van der Waals surface area contributed by atoms with Crippen LogP contribution in [0.25, 0.3) is 0 Å². The number of carboxylic acid groups (broad SMARTS) is 1. The van der Waals surface area contributed by atoms with Crippen LogP contribution in [0.15, 0.2) is 0 Å². The molecular weight excluding hydrogens is 339 g/mol. The molecule has 1 N–H and O–H groups in total. The number of aliphatic hydroxyl groups is 1. The number of hydrogen-bond acceptors (Lipinski definition) is 4. The van der Waals surface area contributed by atoms with E-state index in [1.807, 2.05) is 0 Å². The number of ketones is 1. The predicted molar refractivity (Wildman–Crippen MR) is 100 cm³/mol. The maximum atomic E-state index is 11.6. The molecule has 0 radical (unpaired) electrons. The Bertz CT molecular complexity index is 356. The average Bonchev–Trinajstić information content (AvgIpc) is 2.57. The van der Waals surface area contributed by atoms with Gasteiger partial charge in [-0.1, -0.05) is 96.8 Å². The standard InChI is InChI=1S/C21H40O4.Na/c1-3-4-5-6-7-8-9-10-11-12-13-14-15-16-17-18-19(22)21(2,25)20(23)24;/h25H,3-18H2,1-2H3,(H,23,24);/q;+1/p-1. The minimum atomic E-state index is -2.34. The molecule has 0 bridgehead atoms. The van der Waals surface area contributed by atoms with Gasteiger partial charge in [0.25, 0.3) is 0 Å². The second kappa shape index (κ2) is 18.5. The summed E-state index contributed by atoms with van der Waals surface area (Å²) in [6.07, 6.45) is 18.7. The van der Waals surface area contributed by atoms with Crippen LogP contribution in [0.3, 0.4) is 0 Å². The van der Waals surface area contributed by atoms with E-state index in [4.69, 9.17) is 0 Å². The van der Waals surface area contributed by atoms with Crippen molar-refractivity contribution in [1.82, 2.24) is 0 Å². The molecule has 0 aromatic heterocycles. The van der Waals surface area contributed by atoms with Crippen molar-refractivity contribution in [1.29, 1.82) is 0 Å². The maximum absolute atomic E-state index is 11.6. The largest absolute Gasteiger partial charge is 1.00 e. The molecule has 0 aromatic carbocycles. The third-order valence-electron chi connectivity index (χ3n) is 4.95. The van der Waals surface area contributed by atoms with Gasteiger partial charge in [-0.3, -0.25) is 4.79 Å². The van der Waals surface area contributed by atoms with E-state index in [0.717, 1.165) is 19.8 Å². The van der Waals surface area contributed by atoms with Gasteiger partial charge in [0.1, 0.15) is 0 Å². The summed E-state index contributed by atoms with van der Waals surface area (Å²) in [6.45, 7) is 3.25. The molecule has 0 aliphatic rings. The molecule has 0 saturated carbocycles. The van der Waals surface area contributed by atoms with E-state index in [1.165, 1.54) is 77.0 Å². The van der Waals surface area contributed by atoms with Gasteiger partial charge >= 0.3 is 29.6 Å². The zero-order chi connectivity index (χ0) is 19.0. The van der Waals surface area contributed by atoms with Crippen LogP contribution in [0.5, 0.6) is 0 Å². The Balaban J connectivity index is 0. The third kappa shape index (κ3) is 15.2. The number of carbonyl (C=O) groups excluding carboxylic acids is 2. The quantitative estimate of drug-likeness (QED) is 0.222. The number of aliphatic carboxylic acids is 1. The third-order valence-corrected chi connectivity index (χ3v) is 4.95. The smallest absolute Gasteiger partial charge is 0.547 e. The first kappa shape index (κ1) is 28.3. The van der Waals surface area contributed by atoms with E-state index >= 15 is 0 Å². The van der Waals surface area contributed by atoms with E-state index < -0.39 is 17.4 Å². The molecule has 0 spiro atoms. The van der Waals surface area contributed by atoms with E-state index in [0.29, 0.717) is 6.42 Å². The number of Topliss-reactive ketones (excluding diaryl/α,β-unsaturated/α-hetero) is 1. The van der Waals surface area contributed by atoms with Gasteiger partial charge in [0, 0.05) is 6.42 Å². The molecule has 4 nitrogen and oxygen atoms in total. The van der Waals surface area contributed by atoms with Crippen LogP contribution >= 0.6 is 0 Å². The summed E-state index contributed by atoms with van der Waals surface area (Å²) in [4.78, 5) is 22.2. The van der Waals surface area contributed by atoms with Crippen LogP contribution in [0.2, 0.25) is 0 Å². The van der Waals surface area contributed by atoms with Gasteiger partial charge < -0.3 is 15.0 Å². The number of carboxylic acids is 1. The van der Waals surface area contributed by atoms with Crippen LogP contribution in [0.1, 0.15) is 117 Å².